The van der Waals surface area contributed by atoms with Crippen LogP contribution in [-0.4, -0.2) is 25.1 Å². The molecule has 0 aliphatic heterocycles. The van der Waals surface area contributed by atoms with E-state index in [-0.39, 0.29) is 17.1 Å². The largest absolute Gasteiger partial charge is 0.497 e. The first kappa shape index (κ1) is 16.1. The summed E-state index contributed by atoms with van der Waals surface area (Å²) in [5.74, 6) is 0.827. The van der Waals surface area contributed by atoms with Crippen LogP contribution in [0.5, 0.6) is 11.6 Å². The van der Waals surface area contributed by atoms with Gasteiger partial charge < -0.3 is 14.8 Å². The minimum atomic E-state index is -0.245. The molecule has 1 heterocycles. The summed E-state index contributed by atoms with van der Waals surface area (Å²) < 4.78 is 10.1. The maximum absolute atomic E-state index is 12.3. The van der Waals surface area contributed by atoms with Crippen molar-refractivity contribution in [1.29, 1.82) is 0 Å². The molecule has 2 rings (SSSR count). The number of ether oxygens (including phenoxy) is 2. The van der Waals surface area contributed by atoms with E-state index in [1.165, 1.54) is 13.2 Å². The predicted molar refractivity (Wildman–Crippen MR) is 84.7 cm³/mol. The number of nitrogens with one attached hydrogen (secondary N) is 1. The third kappa shape index (κ3) is 3.89. The molecule has 1 atom stereocenters. The van der Waals surface area contributed by atoms with Gasteiger partial charge in [0.1, 0.15) is 10.9 Å². The van der Waals surface area contributed by atoms with Gasteiger partial charge in [-0.25, -0.2) is 4.98 Å². The fraction of sp³-hybridized carbons (Fsp3) is 0.250. The summed E-state index contributed by atoms with van der Waals surface area (Å²) in [5.41, 5.74) is 1.37. The van der Waals surface area contributed by atoms with Crippen molar-refractivity contribution >= 4 is 17.5 Å². The average molecular weight is 321 g/mol. The lowest BCUT2D eigenvalue weighted by molar-refractivity contribution is 0.0939. The third-order valence-electron chi connectivity index (χ3n) is 3.21. The predicted octanol–water partition coefficient (Wildman–Crippen LogP) is 3.24. The highest BCUT2D eigenvalue weighted by Crippen LogP contribution is 2.19. The standard InChI is InChI=1S/C16H17ClN2O3/c1-10(11-4-6-13(21-2)7-5-11)18-16(20)12-8-14(17)19-15(9-12)22-3/h4-10H,1-3H3,(H,18,20). The molecule has 0 saturated carbocycles. The molecule has 1 amide bonds. The number of rotatable bonds is 5. The lowest BCUT2D eigenvalue weighted by Gasteiger charge is -2.15. The van der Waals surface area contributed by atoms with E-state index in [1.54, 1.807) is 13.2 Å². The maximum Gasteiger partial charge on any atom is 0.252 e. The number of amides is 1. The molecule has 5 nitrogen and oxygen atoms in total. The monoisotopic (exact) mass is 320 g/mol. The molecule has 0 aliphatic rings. The second kappa shape index (κ2) is 7.13. The van der Waals surface area contributed by atoms with E-state index in [4.69, 9.17) is 21.1 Å². The zero-order valence-electron chi connectivity index (χ0n) is 12.6. The lowest BCUT2D eigenvalue weighted by Crippen LogP contribution is -2.26. The van der Waals surface area contributed by atoms with Crippen LogP contribution in [0, 0.1) is 0 Å². The van der Waals surface area contributed by atoms with Crippen molar-refractivity contribution in [3.05, 3.63) is 52.7 Å². The SMILES string of the molecule is COc1ccc(C(C)NC(=O)c2cc(Cl)nc(OC)c2)cc1. The molecule has 1 aromatic heterocycles. The number of hydrogen-bond donors (Lipinski definition) is 1. The first-order valence-electron chi connectivity index (χ1n) is 6.70. The fourth-order valence-electron chi connectivity index (χ4n) is 1.96. The molecule has 0 saturated heterocycles. The van der Waals surface area contributed by atoms with Crippen LogP contribution >= 0.6 is 11.6 Å². The molecule has 0 radical (unpaired) electrons. The summed E-state index contributed by atoms with van der Waals surface area (Å²) in [4.78, 5) is 16.2. The molecule has 0 aliphatic carbocycles. The van der Waals surface area contributed by atoms with E-state index in [0.717, 1.165) is 11.3 Å². The Kier molecular flexibility index (Phi) is 5.22. The van der Waals surface area contributed by atoms with E-state index in [9.17, 15) is 4.79 Å². The molecule has 22 heavy (non-hydrogen) atoms. The van der Waals surface area contributed by atoms with E-state index >= 15 is 0 Å². The van der Waals surface area contributed by atoms with Crippen LogP contribution in [0.3, 0.4) is 0 Å². The minimum Gasteiger partial charge on any atom is -0.497 e. The first-order chi connectivity index (χ1) is 10.5. The normalized spacial score (nSPS) is 11.6. The zero-order chi connectivity index (χ0) is 16.1. The summed E-state index contributed by atoms with van der Waals surface area (Å²) in [7, 11) is 3.08. The van der Waals surface area contributed by atoms with E-state index < -0.39 is 0 Å². The van der Waals surface area contributed by atoms with Crippen molar-refractivity contribution in [1.82, 2.24) is 10.3 Å². The van der Waals surface area contributed by atoms with Crippen molar-refractivity contribution in [2.24, 2.45) is 0 Å². The van der Waals surface area contributed by atoms with Gasteiger partial charge in [0.2, 0.25) is 5.88 Å². The summed E-state index contributed by atoms with van der Waals surface area (Å²) in [6.07, 6.45) is 0. The number of carbonyl (C=O) groups excluding carboxylic acids is 1. The number of pyridine rings is 1. The van der Waals surface area contributed by atoms with Gasteiger partial charge in [-0.1, -0.05) is 23.7 Å². The van der Waals surface area contributed by atoms with E-state index in [1.807, 2.05) is 31.2 Å². The van der Waals surface area contributed by atoms with Gasteiger partial charge in [0, 0.05) is 11.6 Å². The topological polar surface area (TPSA) is 60.5 Å². The van der Waals surface area contributed by atoms with Crippen molar-refractivity contribution < 1.29 is 14.3 Å². The smallest absolute Gasteiger partial charge is 0.252 e. The first-order valence-corrected chi connectivity index (χ1v) is 7.07. The van der Waals surface area contributed by atoms with Gasteiger partial charge in [-0.15, -0.1) is 0 Å². The molecule has 0 spiro atoms. The van der Waals surface area contributed by atoms with Crippen molar-refractivity contribution in [3.63, 3.8) is 0 Å². The molecular formula is C16H17ClN2O3. The molecule has 0 bridgehead atoms. The summed E-state index contributed by atoms with van der Waals surface area (Å²) in [5, 5.41) is 3.12. The molecule has 2 aromatic rings. The van der Waals surface area contributed by atoms with E-state index in [2.05, 4.69) is 10.3 Å². The maximum atomic E-state index is 12.3. The molecule has 1 aromatic carbocycles. The highest BCUT2D eigenvalue weighted by atomic mass is 35.5. The Labute approximate surface area is 134 Å². The van der Waals surface area contributed by atoms with Crippen LogP contribution in [0.25, 0.3) is 0 Å². The Bertz CT molecular complexity index is 659. The van der Waals surface area contributed by atoms with Crippen LogP contribution in [0.1, 0.15) is 28.9 Å². The number of nitrogens with zero attached hydrogens (tertiary/aromatic N) is 1. The summed E-state index contributed by atoms with van der Waals surface area (Å²) in [6.45, 7) is 1.90. The van der Waals surface area contributed by atoms with Gasteiger partial charge in [-0.2, -0.15) is 0 Å². The third-order valence-corrected chi connectivity index (χ3v) is 3.40. The number of benzene rings is 1. The zero-order valence-corrected chi connectivity index (χ0v) is 13.3. The Hall–Kier alpha value is -2.27. The van der Waals surface area contributed by atoms with E-state index in [0.29, 0.717) is 11.4 Å². The molecule has 0 fully saturated rings. The van der Waals surface area contributed by atoms with Crippen molar-refractivity contribution in [2.75, 3.05) is 14.2 Å². The van der Waals surface area contributed by atoms with Crippen molar-refractivity contribution in [3.8, 4) is 11.6 Å². The average Bonchev–Trinajstić information content (AvgIpc) is 2.54. The molecule has 116 valence electrons. The van der Waals surface area contributed by atoms with Gasteiger partial charge in [-0.3, -0.25) is 4.79 Å². The van der Waals surface area contributed by atoms with Gasteiger partial charge in [0.25, 0.3) is 5.91 Å². The Morgan fingerprint density at radius 1 is 1.18 bits per heavy atom. The number of aromatic nitrogens is 1. The summed E-state index contributed by atoms with van der Waals surface area (Å²) in [6, 6.07) is 10.4. The van der Waals surface area contributed by atoms with Crippen LogP contribution < -0.4 is 14.8 Å². The minimum absolute atomic E-state index is 0.156. The van der Waals surface area contributed by atoms with Crippen LogP contribution in [0.4, 0.5) is 0 Å². The summed E-state index contributed by atoms with van der Waals surface area (Å²) >= 11 is 5.87. The Morgan fingerprint density at radius 3 is 2.45 bits per heavy atom. The quantitative estimate of drug-likeness (QED) is 0.859. The van der Waals surface area contributed by atoms with Crippen molar-refractivity contribution in [2.45, 2.75) is 13.0 Å². The van der Waals surface area contributed by atoms with Crippen LogP contribution in [-0.2, 0) is 0 Å². The Morgan fingerprint density at radius 2 is 1.86 bits per heavy atom. The second-order valence-corrected chi connectivity index (χ2v) is 5.08. The highest BCUT2D eigenvalue weighted by molar-refractivity contribution is 6.29. The number of methoxy groups -OCH3 is 2. The number of carbonyl (C=O) groups is 1. The molecular weight excluding hydrogens is 304 g/mol. The lowest BCUT2D eigenvalue weighted by atomic mass is 10.1. The van der Waals surface area contributed by atoms with Gasteiger partial charge >= 0.3 is 0 Å². The van der Waals surface area contributed by atoms with Gasteiger partial charge in [0.05, 0.1) is 20.3 Å². The number of hydrogen-bond acceptors (Lipinski definition) is 4. The Balaban J connectivity index is 2.11. The molecule has 1 unspecified atom stereocenters. The number of halogens is 1. The van der Waals surface area contributed by atoms with Crippen LogP contribution in [0.15, 0.2) is 36.4 Å². The molecule has 1 N–H and O–H groups in total. The van der Waals surface area contributed by atoms with Crippen LogP contribution in [0.2, 0.25) is 5.15 Å². The fourth-order valence-corrected chi connectivity index (χ4v) is 2.17. The second-order valence-electron chi connectivity index (χ2n) is 4.69. The molecule has 6 heteroatoms. The van der Waals surface area contributed by atoms with Gasteiger partial charge in [0.15, 0.2) is 0 Å². The van der Waals surface area contributed by atoms with Gasteiger partial charge in [-0.05, 0) is 30.7 Å². The highest BCUT2D eigenvalue weighted by Gasteiger charge is 2.14.